The number of nitrogens with one attached hydrogen (secondary N) is 1. The standard InChI is InChI=1S/C12H18N2O4S.ClH/c1-9(13)12(15)14-10-4-3-5-11(8-10)18-6-7-19(2,16)17;/h3-5,8-9H,6-7,13H2,1-2H3,(H,14,15);1H/t9-;/m1./s1. The van der Waals surface area contributed by atoms with Gasteiger partial charge in [-0.05, 0) is 19.1 Å². The lowest BCUT2D eigenvalue weighted by molar-refractivity contribution is -0.117. The van der Waals surface area contributed by atoms with Gasteiger partial charge in [-0.3, -0.25) is 4.79 Å². The van der Waals surface area contributed by atoms with Crippen LogP contribution in [0.3, 0.4) is 0 Å². The van der Waals surface area contributed by atoms with E-state index in [1.54, 1.807) is 31.2 Å². The molecule has 1 aromatic rings. The van der Waals surface area contributed by atoms with E-state index >= 15 is 0 Å². The number of rotatable bonds is 6. The Labute approximate surface area is 125 Å². The first kappa shape index (κ1) is 18.7. The van der Waals surface area contributed by atoms with Crippen LogP contribution in [-0.2, 0) is 14.6 Å². The Morgan fingerprint density at radius 1 is 1.45 bits per heavy atom. The third-order valence-electron chi connectivity index (χ3n) is 2.24. The van der Waals surface area contributed by atoms with Crippen molar-refractivity contribution in [1.82, 2.24) is 0 Å². The van der Waals surface area contributed by atoms with E-state index in [1.807, 2.05) is 0 Å². The molecular formula is C12H19ClN2O4S. The van der Waals surface area contributed by atoms with E-state index in [0.717, 1.165) is 6.26 Å². The van der Waals surface area contributed by atoms with Crippen molar-refractivity contribution in [3.63, 3.8) is 0 Å². The molecule has 0 bridgehead atoms. The Kier molecular flexibility index (Phi) is 7.55. The van der Waals surface area contributed by atoms with E-state index in [9.17, 15) is 13.2 Å². The van der Waals surface area contributed by atoms with Crippen LogP contribution in [0, 0.1) is 0 Å². The predicted octanol–water partition coefficient (Wildman–Crippen LogP) is 0.817. The predicted molar refractivity (Wildman–Crippen MR) is 81.2 cm³/mol. The van der Waals surface area contributed by atoms with Crippen LogP contribution >= 0.6 is 12.4 Å². The number of nitrogens with two attached hydrogens (primary N) is 1. The van der Waals surface area contributed by atoms with Crippen molar-refractivity contribution >= 4 is 33.8 Å². The quantitative estimate of drug-likeness (QED) is 0.808. The van der Waals surface area contributed by atoms with Crippen LogP contribution in [0.5, 0.6) is 5.75 Å². The number of hydrogen-bond acceptors (Lipinski definition) is 5. The molecule has 0 aliphatic rings. The Morgan fingerprint density at radius 2 is 2.10 bits per heavy atom. The number of anilines is 1. The zero-order valence-electron chi connectivity index (χ0n) is 11.3. The lowest BCUT2D eigenvalue weighted by Gasteiger charge is -2.10. The second-order valence-electron chi connectivity index (χ2n) is 4.28. The summed E-state index contributed by atoms with van der Waals surface area (Å²) in [6, 6.07) is 6.10. The zero-order valence-corrected chi connectivity index (χ0v) is 13.0. The normalized spacial score (nSPS) is 12.2. The lowest BCUT2D eigenvalue weighted by Crippen LogP contribution is -2.32. The fourth-order valence-corrected chi connectivity index (χ4v) is 1.62. The van der Waals surface area contributed by atoms with Crippen LogP contribution in [0.25, 0.3) is 0 Å². The van der Waals surface area contributed by atoms with Crippen LogP contribution in [0.1, 0.15) is 6.92 Å². The van der Waals surface area contributed by atoms with Crippen molar-refractivity contribution in [2.24, 2.45) is 5.73 Å². The van der Waals surface area contributed by atoms with Crippen molar-refractivity contribution in [3.05, 3.63) is 24.3 Å². The molecule has 0 heterocycles. The van der Waals surface area contributed by atoms with Crippen LogP contribution in [0.4, 0.5) is 5.69 Å². The number of halogens is 1. The number of amides is 1. The molecule has 0 saturated heterocycles. The summed E-state index contributed by atoms with van der Waals surface area (Å²) >= 11 is 0. The highest BCUT2D eigenvalue weighted by atomic mass is 35.5. The summed E-state index contributed by atoms with van der Waals surface area (Å²) in [6.45, 7) is 1.66. The van der Waals surface area contributed by atoms with Gasteiger partial charge in [-0.15, -0.1) is 12.4 Å². The van der Waals surface area contributed by atoms with Crippen LogP contribution in [0.15, 0.2) is 24.3 Å². The Balaban J connectivity index is 0.00000361. The number of carbonyl (C=O) groups is 1. The summed E-state index contributed by atoms with van der Waals surface area (Å²) in [5.74, 6) is 0.142. The second kappa shape index (κ2) is 8.08. The van der Waals surface area contributed by atoms with Gasteiger partial charge in [0.15, 0.2) is 9.84 Å². The highest BCUT2D eigenvalue weighted by Gasteiger charge is 2.08. The average molecular weight is 323 g/mol. The molecular weight excluding hydrogens is 304 g/mol. The van der Waals surface area contributed by atoms with Gasteiger partial charge in [-0.1, -0.05) is 6.07 Å². The molecule has 0 unspecified atom stereocenters. The Bertz CT molecular complexity index is 546. The summed E-state index contributed by atoms with van der Waals surface area (Å²) in [5, 5.41) is 2.63. The van der Waals surface area contributed by atoms with Crippen molar-refractivity contribution in [3.8, 4) is 5.75 Å². The molecule has 20 heavy (non-hydrogen) atoms. The van der Waals surface area contributed by atoms with Gasteiger partial charge in [-0.2, -0.15) is 0 Å². The fraction of sp³-hybridized carbons (Fsp3) is 0.417. The maximum absolute atomic E-state index is 11.4. The maximum atomic E-state index is 11.4. The number of sulfone groups is 1. The van der Waals surface area contributed by atoms with Gasteiger partial charge in [0.05, 0.1) is 11.8 Å². The minimum atomic E-state index is -3.05. The summed E-state index contributed by atoms with van der Waals surface area (Å²) in [4.78, 5) is 11.4. The summed E-state index contributed by atoms with van der Waals surface area (Å²) in [6.07, 6.45) is 1.15. The van der Waals surface area contributed by atoms with E-state index in [1.165, 1.54) is 0 Å². The Morgan fingerprint density at radius 3 is 2.65 bits per heavy atom. The van der Waals surface area contributed by atoms with Crippen molar-refractivity contribution in [2.75, 3.05) is 23.9 Å². The molecule has 3 N–H and O–H groups in total. The largest absolute Gasteiger partial charge is 0.492 e. The topological polar surface area (TPSA) is 98.5 Å². The van der Waals surface area contributed by atoms with Gasteiger partial charge in [0.1, 0.15) is 12.4 Å². The molecule has 114 valence electrons. The van der Waals surface area contributed by atoms with Crippen LogP contribution in [-0.4, -0.2) is 39.0 Å². The summed E-state index contributed by atoms with van der Waals surface area (Å²) in [7, 11) is -3.05. The molecule has 8 heteroatoms. The van der Waals surface area contributed by atoms with E-state index in [2.05, 4.69) is 5.32 Å². The molecule has 1 amide bonds. The molecule has 6 nitrogen and oxygen atoms in total. The number of ether oxygens (including phenoxy) is 1. The molecule has 0 radical (unpaired) electrons. The summed E-state index contributed by atoms with van der Waals surface area (Å²) < 4.78 is 27.2. The monoisotopic (exact) mass is 322 g/mol. The molecule has 0 saturated carbocycles. The van der Waals surface area contributed by atoms with E-state index in [0.29, 0.717) is 11.4 Å². The summed E-state index contributed by atoms with van der Waals surface area (Å²) in [5.41, 5.74) is 5.99. The molecule has 0 aliphatic carbocycles. The molecule has 1 rings (SSSR count). The van der Waals surface area contributed by atoms with Gasteiger partial charge >= 0.3 is 0 Å². The van der Waals surface area contributed by atoms with Gasteiger partial charge in [0.25, 0.3) is 0 Å². The van der Waals surface area contributed by atoms with Gasteiger partial charge in [0, 0.05) is 18.0 Å². The lowest BCUT2D eigenvalue weighted by atomic mass is 10.2. The third kappa shape index (κ3) is 7.32. The first-order valence-electron chi connectivity index (χ1n) is 5.75. The van der Waals surface area contributed by atoms with Crippen LogP contribution in [0.2, 0.25) is 0 Å². The molecule has 0 fully saturated rings. The smallest absolute Gasteiger partial charge is 0.241 e. The average Bonchev–Trinajstić information content (AvgIpc) is 2.27. The first-order chi connectivity index (χ1) is 8.78. The zero-order chi connectivity index (χ0) is 14.5. The minimum absolute atomic E-state index is 0. The van der Waals surface area contributed by atoms with E-state index in [4.69, 9.17) is 10.5 Å². The van der Waals surface area contributed by atoms with Crippen LogP contribution < -0.4 is 15.8 Å². The Hall–Kier alpha value is -1.31. The van der Waals surface area contributed by atoms with Crippen molar-refractivity contribution < 1.29 is 17.9 Å². The van der Waals surface area contributed by atoms with Gasteiger partial charge in [-0.25, -0.2) is 8.42 Å². The van der Waals surface area contributed by atoms with Gasteiger partial charge in [0.2, 0.25) is 5.91 Å². The minimum Gasteiger partial charge on any atom is -0.492 e. The highest BCUT2D eigenvalue weighted by molar-refractivity contribution is 7.90. The maximum Gasteiger partial charge on any atom is 0.241 e. The van der Waals surface area contributed by atoms with E-state index in [-0.39, 0.29) is 30.7 Å². The SMILES string of the molecule is C[C@@H](N)C(=O)Nc1cccc(OCCS(C)(=O)=O)c1.Cl. The number of carbonyl (C=O) groups excluding carboxylic acids is 1. The van der Waals surface area contributed by atoms with Crippen molar-refractivity contribution in [2.45, 2.75) is 13.0 Å². The molecule has 1 atom stereocenters. The number of benzene rings is 1. The second-order valence-corrected chi connectivity index (χ2v) is 6.54. The van der Waals surface area contributed by atoms with Crippen molar-refractivity contribution in [1.29, 1.82) is 0 Å². The van der Waals surface area contributed by atoms with E-state index < -0.39 is 15.9 Å². The third-order valence-corrected chi connectivity index (χ3v) is 3.15. The highest BCUT2D eigenvalue weighted by Crippen LogP contribution is 2.17. The fourth-order valence-electron chi connectivity index (χ4n) is 1.23. The molecule has 1 aromatic carbocycles. The van der Waals surface area contributed by atoms with Gasteiger partial charge < -0.3 is 15.8 Å². The first-order valence-corrected chi connectivity index (χ1v) is 7.81. The molecule has 0 aromatic heterocycles. The molecule has 0 spiro atoms. The molecule has 0 aliphatic heterocycles. The number of hydrogen-bond donors (Lipinski definition) is 2.